The minimum absolute atomic E-state index is 0.218. The van der Waals surface area contributed by atoms with Gasteiger partial charge in [0.15, 0.2) is 0 Å². The number of aryl methyl sites for hydroxylation is 1. The number of nitrogens with one attached hydrogen (secondary N) is 1. The van der Waals surface area contributed by atoms with Gasteiger partial charge in [-0.1, -0.05) is 35.4 Å². The van der Waals surface area contributed by atoms with Gasteiger partial charge in [-0.25, -0.2) is 0 Å². The molecule has 0 aliphatic carbocycles. The molecule has 0 bridgehead atoms. The summed E-state index contributed by atoms with van der Waals surface area (Å²) in [4.78, 5) is 12.7. The summed E-state index contributed by atoms with van der Waals surface area (Å²) in [7, 11) is 1.60. The van der Waals surface area contributed by atoms with Crippen molar-refractivity contribution in [1.82, 2.24) is 0 Å². The van der Waals surface area contributed by atoms with Gasteiger partial charge in [-0.15, -0.1) is 0 Å². The van der Waals surface area contributed by atoms with Crippen LogP contribution in [0.25, 0.3) is 0 Å². The molecule has 3 aromatic carbocycles. The number of halogens is 1. The van der Waals surface area contributed by atoms with Gasteiger partial charge in [-0.3, -0.25) is 4.79 Å². The van der Waals surface area contributed by atoms with Crippen LogP contribution in [0.4, 0.5) is 5.69 Å². The molecule has 0 aliphatic heterocycles. The highest BCUT2D eigenvalue weighted by atomic mass is 35.5. The van der Waals surface area contributed by atoms with Crippen LogP contribution in [0.3, 0.4) is 0 Å². The number of ether oxygens (including phenoxy) is 2. The Bertz CT molecular complexity index is 984. The van der Waals surface area contributed by atoms with Gasteiger partial charge in [0.25, 0.3) is 5.91 Å². The maximum atomic E-state index is 12.7. The lowest BCUT2D eigenvalue weighted by molar-refractivity contribution is 0.102. The lowest BCUT2D eigenvalue weighted by atomic mass is 10.1. The van der Waals surface area contributed by atoms with Gasteiger partial charge in [0.1, 0.15) is 18.1 Å². The first-order valence-electron chi connectivity index (χ1n) is 8.91. The zero-order valence-corrected chi connectivity index (χ0v) is 16.8. The van der Waals surface area contributed by atoms with E-state index in [4.69, 9.17) is 21.1 Å². The quantitative estimate of drug-likeness (QED) is 0.574. The minimum Gasteiger partial charge on any atom is -0.496 e. The highest BCUT2D eigenvalue weighted by Gasteiger charge is 2.13. The second-order valence-electron chi connectivity index (χ2n) is 6.49. The van der Waals surface area contributed by atoms with Gasteiger partial charge in [-0.2, -0.15) is 0 Å². The third-order valence-corrected chi connectivity index (χ3v) is 4.88. The fraction of sp³-hybridized carbons (Fsp3) is 0.174. The highest BCUT2D eigenvalue weighted by Crippen LogP contribution is 2.25. The SMILES string of the molecule is COc1ccc(C(=O)Nc2cccc(Cl)c2C)cc1COc1ccc(C)cc1. The first-order valence-corrected chi connectivity index (χ1v) is 9.28. The molecular formula is C23H22ClNO3. The summed E-state index contributed by atoms with van der Waals surface area (Å²) in [6.07, 6.45) is 0. The van der Waals surface area contributed by atoms with Crippen LogP contribution in [0, 0.1) is 13.8 Å². The van der Waals surface area contributed by atoms with E-state index in [0.29, 0.717) is 28.6 Å². The molecule has 3 rings (SSSR count). The van der Waals surface area contributed by atoms with Crippen molar-refractivity contribution in [3.8, 4) is 11.5 Å². The molecule has 5 heteroatoms. The van der Waals surface area contributed by atoms with Crippen LogP contribution in [0.5, 0.6) is 11.5 Å². The van der Waals surface area contributed by atoms with Crippen molar-refractivity contribution in [2.45, 2.75) is 20.5 Å². The molecule has 0 spiro atoms. The molecule has 0 heterocycles. The molecule has 0 aromatic heterocycles. The number of carbonyl (C=O) groups is 1. The Morgan fingerprint density at radius 1 is 1.04 bits per heavy atom. The first kappa shape index (κ1) is 19.8. The fourth-order valence-corrected chi connectivity index (χ4v) is 2.94. The average molecular weight is 396 g/mol. The smallest absolute Gasteiger partial charge is 0.255 e. The summed E-state index contributed by atoms with van der Waals surface area (Å²) < 4.78 is 11.3. The molecule has 144 valence electrons. The Kier molecular flexibility index (Phi) is 6.22. The number of anilines is 1. The molecule has 0 saturated carbocycles. The van der Waals surface area contributed by atoms with E-state index >= 15 is 0 Å². The number of benzene rings is 3. The number of amides is 1. The normalized spacial score (nSPS) is 10.4. The molecule has 1 N–H and O–H groups in total. The Morgan fingerprint density at radius 2 is 1.79 bits per heavy atom. The Hall–Kier alpha value is -2.98. The third kappa shape index (κ3) is 4.65. The molecule has 0 saturated heterocycles. The topological polar surface area (TPSA) is 47.6 Å². The number of methoxy groups -OCH3 is 1. The Morgan fingerprint density at radius 3 is 2.50 bits per heavy atom. The van der Waals surface area contributed by atoms with Gasteiger partial charge in [-0.05, 0) is 61.9 Å². The standard InChI is InChI=1S/C23H22ClNO3/c1-15-7-10-19(11-8-15)28-14-18-13-17(9-12-22(18)27-3)23(26)25-21-6-4-5-20(24)16(21)2/h4-13H,14H2,1-3H3,(H,25,26). The van der Waals surface area contributed by atoms with Crippen molar-refractivity contribution in [2.24, 2.45) is 0 Å². The molecule has 0 atom stereocenters. The molecule has 4 nitrogen and oxygen atoms in total. The van der Waals surface area contributed by atoms with Crippen LogP contribution < -0.4 is 14.8 Å². The van der Waals surface area contributed by atoms with Crippen molar-refractivity contribution in [1.29, 1.82) is 0 Å². The minimum atomic E-state index is -0.218. The van der Waals surface area contributed by atoms with E-state index < -0.39 is 0 Å². The van der Waals surface area contributed by atoms with Crippen LogP contribution in [0.15, 0.2) is 60.7 Å². The number of carbonyl (C=O) groups excluding carboxylic acids is 1. The molecule has 1 amide bonds. The molecule has 0 unspecified atom stereocenters. The number of hydrogen-bond donors (Lipinski definition) is 1. The molecule has 0 aliphatic rings. The second kappa shape index (κ2) is 8.81. The van der Waals surface area contributed by atoms with Crippen molar-refractivity contribution >= 4 is 23.2 Å². The van der Waals surface area contributed by atoms with E-state index in [-0.39, 0.29) is 5.91 Å². The Balaban J connectivity index is 1.78. The van der Waals surface area contributed by atoms with Crippen LogP contribution in [-0.4, -0.2) is 13.0 Å². The van der Waals surface area contributed by atoms with Crippen LogP contribution in [0.2, 0.25) is 5.02 Å². The summed E-state index contributed by atoms with van der Waals surface area (Å²) in [5.41, 5.74) is 3.99. The monoisotopic (exact) mass is 395 g/mol. The lowest BCUT2D eigenvalue weighted by Crippen LogP contribution is -2.13. The van der Waals surface area contributed by atoms with Crippen molar-refractivity contribution in [2.75, 3.05) is 12.4 Å². The number of rotatable bonds is 6. The summed E-state index contributed by atoms with van der Waals surface area (Å²) in [5, 5.41) is 3.52. The maximum Gasteiger partial charge on any atom is 0.255 e. The third-order valence-electron chi connectivity index (χ3n) is 4.47. The molecule has 0 radical (unpaired) electrons. The zero-order valence-electron chi connectivity index (χ0n) is 16.1. The second-order valence-corrected chi connectivity index (χ2v) is 6.90. The summed E-state index contributed by atoms with van der Waals surface area (Å²) in [6, 6.07) is 18.5. The van der Waals surface area contributed by atoms with E-state index in [0.717, 1.165) is 16.9 Å². The van der Waals surface area contributed by atoms with Crippen LogP contribution >= 0.6 is 11.6 Å². The zero-order chi connectivity index (χ0) is 20.1. The van der Waals surface area contributed by atoms with E-state index in [2.05, 4.69) is 5.32 Å². The summed E-state index contributed by atoms with van der Waals surface area (Å²) in [6.45, 7) is 4.19. The highest BCUT2D eigenvalue weighted by molar-refractivity contribution is 6.31. The molecule has 0 fully saturated rings. The molecule has 28 heavy (non-hydrogen) atoms. The lowest BCUT2D eigenvalue weighted by Gasteiger charge is -2.13. The van der Waals surface area contributed by atoms with Gasteiger partial charge in [0.05, 0.1) is 7.11 Å². The first-order chi connectivity index (χ1) is 13.5. The van der Waals surface area contributed by atoms with E-state index in [1.807, 2.05) is 44.2 Å². The van der Waals surface area contributed by atoms with Gasteiger partial charge in [0.2, 0.25) is 0 Å². The van der Waals surface area contributed by atoms with Crippen LogP contribution in [0.1, 0.15) is 27.0 Å². The van der Waals surface area contributed by atoms with Crippen molar-refractivity contribution < 1.29 is 14.3 Å². The predicted molar refractivity (Wildman–Crippen MR) is 113 cm³/mol. The number of hydrogen-bond acceptors (Lipinski definition) is 3. The van der Waals surface area contributed by atoms with Crippen molar-refractivity contribution in [3.63, 3.8) is 0 Å². The maximum absolute atomic E-state index is 12.7. The molecular weight excluding hydrogens is 374 g/mol. The van der Waals surface area contributed by atoms with Crippen molar-refractivity contribution in [3.05, 3.63) is 87.9 Å². The van der Waals surface area contributed by atoms with Crippen LogP contribution in [-0.2, 0) is 6.61 Å². The van der Waals surface area contributed by atoms with E-state index in [1.54, 1.807) is 37.4 Å². The average Bonchev–Trinajstić information content (AvgIpc) is 2.70. The predicted octanol–water partition coefficient (Wildman–Crippen LogP) is 5.80. The summed E-state index contributed by atoms with van der Waals surface area (Å²) >= 11 is 6.13. The Labute approximate surface area is 170 Å². The van der Waals surface area contributed by atoms with Gasteiger partial charge >= 0.3 is 0 Å². The summed E-state index contributed by atoms with van der Waals surface area (Å²) in [5.74, 6) is 1.21. The molecule has 3 aromatic rings. The van der Waals surface area contributed by atoms with Gasteiger partial charge in [0, 0.05) is 21.8 Å². The fourth-order valence-electron chi connectivity index (χ4n) is 2.77. The van der Waals surface area contributed by atoms with Gasteiger partial charge < -0.3 is 14.8 Å². The van der Waals surface area contributed by atoms with E-state index in [9.17, 15) is 4.79 Å². The van der Waals surface area contributed by atoms with E-state index in [1.165, 1.54) is 5.56 Å². The largest absolute Gasteiger partial charge is 0.496 e.